The molecule has 0 saturated heterocycles. The standard InChI is InChI=1S/C10H12ClNO4/c1-4(12)8(13)7-9(14)5(11)2-6-10(7)16-3-15-6/h2,4,8,13-14H,3,12H2,1H3. The molecule has 2 atom stereocenters. The van der Waals surface area contributed by atoms with E-state index in [9.17, 15) is 10.2 Å². The molecule has 0 aliphatic carbocycles. The van der Waals surface area contributed by atoms with Gasteiger partial charge in [-0.15, -0.1) is 0 Å². The van der Waals surface area contributed by atoms with E-state index in [1.807, 2.05) is 0 Å². The second-order valence-electron chi connectivity index (χ2n) is 3.66. The number of fused-ring (bicyclic) bond motifs is 1. The molecule has 1 aliphatic heterocycles. The van der Waals surface area contributed by atoms with Crippen molar-refractivity contribution in [2.24, 2.45) is 5.73 Å². The summed E-state index contributed by atoms with van der Waals surface area (Å²) < 4.78 is 10.3. The number of aromatic hydroxyl groups is 1. The fourth-order valence-corrected chi connectivity index (χ4v) is 1.76. The zero-order valence-corrected chi connectivity index (χ0v) is 9.36. The van der Waals surface area contributed by atoms with E-state index in [0.717, 1.165) is 0 Å². The number of phenolic OH excluding ortho intramolecular Hbond substituents is 1. The van der Waals surface area contributed by atoms with Gasteiger partial charge < -0.3 is 25.4 Å². The number of nitrogens with two attached hydrogens (primary N) is 1. The number of benzene rings is 1. The maximum atomic E-state index is 9.89. The van der Waals surface area contributed by atoms with Crippen LogP contribution in [0.2, 0.25) is 5.02 Å². The van der Waals surface area contributed by atoms with E-state index >= 15 is 0 Å². The Morgan fingerprint density at radius 1 is 1.50 bits per heavy atom. The number of aliphatic hydroxyl groups is 1. The number of ether oxygens (including phenoxy) is 2. The molecule has 1 heterocycles. The molecular weight excluding hydrogens is 234 g/mol. The second-order valence-corrected chi connectivity index (χ2v) is 4.07. The Morgan fingerprint density at radius 3 is 2.81 bits per heavy atom. The van der Waals surface area contributed by atoms with Crippen LogP contribution >= 0.6 is 11.6 Å². The predicted octanol–water partition coefficient (Wildman–Crippen LogP) is 1.15. The summed E-state index contributed by atoms with van der Waals surface area (Å²) in [5, 5.41) is 19.8. The highest BCUT2D eigenvalue weighted by atomic mass is 35.5. The molecule has 16 heavy (non-hydrogen) atoms. The van der Waals surface area contributed by atoms with Crippen molar-refractivity contribution >= 4 is 11.6 Å². The van der Waals surface area contributed by atoms with Crippen molar-refractivity contribution in [1.29, 1.82) is 0 Å². The van der Waals surface area contributed by atoms with Crippen LogP contribution in [0, 0.1) is 0 Å². The van der Waals surface area contributed by atoms with Gasteiger partial charge in [0.25, 0.3) is 0 Å². The molecule has 1 aromatic carbocycles. The lowest BCUT2D eigenvalue weighted by Gasteiger charge is -2.18. The molecule has 6 heteroatoms. The molecule has 0 radical (unpaired) electrons. The van der Waals surface area contributed by atoms with Gasteiger partial charge in [-0.3, -0.25) is 0 Å². The minimum Gasteiger partial charge on any atom is -0.506 e. The molecule has 2 rings (SSSR count). The predicted molar refractivity (Wildman–Crippen MR) is 57.8 cm³/mol. The van der Waals surface area contributed by atoms with E-state index < -0.39 is 12.1 Å². The van der Waals surface area contributed by atoms with Crippen molar-refractivity contribution in [3.63, 3.8) is 0 Å². The second kappa shape index (κ2) is 4.01. The zero-order valence-electron chi connectivity index (χ0n) is 8.61. The van der Waals surface area contributed by atoms with Gasteiger partial charge in [0.15, 0.2) is 11.5 Å². The van der Waals surface area contributed by atoms with Gasteiger partial charge in [0.2, 0.25) is 6.79 Å². The lowest BCUT2D eigenvalue weighted by Crippen LogP contribution is -2.24. The molecule has 0 fully saturated rings. The molecule has 0 amide bonds. The molecule has 4 N–H and O–H groups in total. The first-order valence-corrected chi connectivity index (χ1v) is 5.14. The molecule has 0 bridgehead atoms. The van der Waals surface area contributed by atoms with E-state index in [4.69, 9.17) is 26.8 Å². The van der Waals surface area contributed by atoms with Gasteiger partial charge in [0, 0.05) is 12.1 Å². The molecular formula is C10H12ClNO4. The maximum absolute atomic E-state index is 9.89. The van der Waals surface area contributed by atoms with E-state index in [1.54, 1.807) is 6.92 Å². The van der Waals surface area contributed by atoms with E-state index in [-0.39, 0.29) is 23.1 Å². The summed E-state index contributed by atoms with van der Waals surface area (Å²) in [4.78, 5) is 0. The van der Waals surface area contributed by atoms with Crippen molar-refractivity contribution in [3.8, 4) is 17.2 Å². The lowest BCUT2D eigenvalue weighted by atomic mass is 10.0. The van der Waals surface area contributed by atoms with E-state index in [0.29, 0.717) is 11.5 Å². The highest BCUT2D eigenvalue weighted by Gasteiger charge is 2.29. The van der Waals surface area contributed by atoms with Crippen molar-refractivity contribution in [3.05, 3.63) is 16.7 Å². The average molecular weight is 246 g/mol. The summed E-state index contributed by atoms with van der Waals surface area (Å²) in [6.45, 7) is 1.65. The summed E-state index contributed by atoms with van der Waals surface area (Å²) in [5.41, 5.74) is 5.76. The Kier molecular flexibility index (Phi) is 2.84. The van der Waals surface area contributed by atoms with Crippen LogP contribution in [0.4, 0.5) is 0 Å². The largest absolute Gasteiger partial charge is 0.506 e. The van der Waals surface area contributed by atoms with E-state index in [1.165, 1.54) is 6.07 Å². The van der Waals surface area contributed by atoms with Crippen molar-refractivity contribution in [2.75, 3.05) is 6.79 Å². The number of hydrogen-bond acceptors (Lipinski definition) is 5. The first-order valence-electron chi connectivity index (χ1n) is 4.77. The summed E-state index contributed by atoms with van der Waals surface area (Å²) in [5.74, 6) is 0.472. The van der Waals surface area contributed by atoms with Gasteiger partial charge in [-0.1, -0.05) is 11.6 Å². The van der Waals surface area contributed by atoms with Crippen LogP contribution in [0.25, 0.3) is 0 Å². The Morgan fingerprint density at radius 2 is 2.19 bits per heavy atom. The van der Waals surface area contributed by atoms with Gasteiger partial charge >= 0.3 is 0 Å². The number of halogens is 1. The zero-order chi connectivity index (χ0) is 11.9. The number of aliphatic hydroxyl groups excluding tert-OH is 1. The van der Waals surface area contributed by atoms with Gasteiger partial charge in [0.05, 0.1) is 10.6 Å². The molecule has 0 aromatic heterocycles. The third kappa shape index (κ3) is 1.67. The van der Waals surface area contributed by atoms with Crippen LogP contribution in [0.3, 0.4) is 0 Å². The third-order valence-corrected chi connectivity index (χ3v) is 2.71. The van der Waals surface area contributed by atoms with Gasteiger partial charge in [0.1, 0.15) is 11.9 Å². The van der Waals surface area contributed by atoms with Crippen LogP contribution in [0.15, 0.2) is 6.07 Å². The van der Waals surface area contributed by atoms with Crippen molar-refractivity contribution < 1.29 is 19.7 Å². The highest BCUT2D eigenvalue weighted by molar-refractivity contribution is 6.32. The number of rotatable bonds is 2. The first kappa shape index (κ1) is 11.3. The summed E-state index contributed by atoms with van der Waals surface area (Å²) in [6.07, 6.45) is -1.06. The minimum absolute atomic E-state index is 0.0355. The van der Waals surface area contributed by atoms with Gasteiger partial charge in [-0.25, -0.2) is 0 Å². The van der Waals surface area contributed by atoms with Gasteiger partial charge in [-0.2, -0.15) is 0 Å². The van der Waals surface area contributed by atoms with E-state index in [2.05, 4.69) is 0 Å². The molecule has 2 unspecified atom stereocenters. The summed E-state index contributed by atoms with van der Waals surface area (Å²) >= 11 is 5.81. The number of phenols is 1. The first-order chi connectivity index (χ1) is 7.52. The smallest absolute Gasteiger partial charge is 0.231 e. The topological polar surface area (TPSA) is 84.9 Å². The fourth-order valence-electron chi connectivity index (χ4n) is 1.56. The van der Waals surface area contributed by atoms with Crippen molar-refractivity contribution in [2.45, 2.75) is 19.1 Å². The minimum atomic E-state index is -1.06. The van der Waals surface area contributed by atoms with Gasteiger partial charge in [-0.05, 0) is 6.92 Å². The quantitative estimate of drug-likeness (QED) is 0.728. The molecule has 0 spiro atoms. The summed E-state index contributed by atoms with van der Waals surface area (Å²) in [6, 6.07) is 0.883. The Labute approximate surface area is 97.3 Å². The molecule has 5 nitrogen and oxygen atoms in total. The fraction of sp³-hybridized carbons (Fsp3) is 0.400. The van der Waals surface area contributed by atoms with Crippen LogP contribution in [-0.4, -0.2) is 23.0 Å². The molecule has 0 saturated carbocycles. The van der Waals surface area contributed by atoms with Crippen molar-refractivity contribution in [1.82, 2.24) is 0 Å². The monoisotopic (exact) mass is 245 g/mol. The van der Waals surface area contributed by atoms with Crippen LogP contribution in [-0.2, 0) is 0 Å². The Hall–Kier alpha value is -1.17. The number of hydrogen-bond donors (Lipinski definition) is 3. The lowest BCUT2D eigenvalue weighted by molar-refractivity contribution is 0.139. The third-order valence-electron chi connectivity index (χ3n) is 2.42. The highest BCUT2D eigenvalue weighted by Crippen LogP contribution is 2.47. The normalized spacial score (nSPS) is 17.2. The Balaban J connectivity index is 2.58. The summed E-state index contributed by atoms with van der Waals surface area (Å²) in [7, 11) is 0. The molecule has 88 valence electrons. The Bertz CT molecular complexity index is 422. The average Bonchev–Trinajstić information content (AvgIpc) is 2.66. The SMILES string of the molecule is CC(N)C(O)c1c(O)c(Cl)cc2c1OCO2. The molecule has 1 aliphatic rings. The molecule has 1 aromatic rings. The van der Waals surface area contributed by atoms with Crippen LogP contribution in [0.5, 0.6) is 17.2 Å². The van der Waals surface area contributed by atoms with Crippen LogP contribution < -0.4 is 15.2 Å². The van der Waals surface area contributed by atoms with Crippen LogP contribution in [0.1, 0.15) is 18.6 Å². The maximum Gasteiger partial charge on any atom is 0.231 e.